The zero-order valence-electron chi connectivity index (χ0n) is 25.2. The Labute approximate surface area is 265 Å². The van der Waals surface area contributed by atoms with Gasteiger partial charge in [0.25, 0.3) is 0 Å². The lowest BCUT2D eigenvalue weighted by Gasteiger charge is -2.37. The Bertz CT molecular complexity index is 2120. The van der Waals surface area contributed by atoms with Gasteiger partial charge in [0, 0.05) is 0 Å². The highest BCUT2D eigenvalue weighted by molar-refractivity contribution is 5.90. The van der Waals surface area contributed by atoms with E-state index in [2.05, 4.69) is 183 Å². The highest BCUT2D eigenvalue weighted by Gasteiger charge is 2.50. The van der Waals surface area contributed by atoms with Crippen LogP contribution in [0.1, 0.15) is 50.1 Å². The molecule has 0 saturated carbocycles. The zero-order valence-corrected chi connectivity index (χ0v) is 25.2. The van der Waals surface area contributed by atoms with E-state index in [0.717, 1.165) is 0 Å². The van der Waals surface area contributed by atoms with Crippen molar-refractivity contribution in [3.63, 3.8) is 0 Å². The van der Waals surface area contributed by atoms with E-state index in [-0.39, 0.29) is 0 Å². The molecule has 7 aromatic rings. The number of hydrogen-bond donors (Lipinski definition) is 0. The van der Waals surface area contributed by atoms with Crippen LogP contribution in [-0.2, 0) is 10.8 Å². The Kier molecular flexibility index (Phi) is 5.64. The van der Waals surface area contributed by atoms with Crippen LogP contribution in [0.2, 0.25) is 0 Å². The molecule has 0 spiro atoms. The molecule has 2 aliphatic carbocycles. The van der Waals surface area contributed by atoms with Gasteiger partial charge in [-0.25, -0.2) is 0 Å². The molecule has 0 fully saturated rings. The third-order valence-corrected chi connectivity index (χ3v) is 10.3. The van der Waals surface area contributed by atoms with Crippen LogP contribution in [0.25, 0.3) is 22.3 Å². The van der Waals surface area contributed by atoms with E-state index in [1.165, 1.54) is 72.3 Å². The molecular weight excluding hydrogens is 540 g/mol. The average Bonchev–Trinajstić information content (AvgIpc) is 3.58. The van der Waals surface area contributed by atoms with Gasteiger partial charge in [-0.15, -0.1) is 0 Å². The fourth-order valence-corrected chi connectivity index (χ4v) is 8.50. The molecule has 0 amide bonds. The molecule has 9 rings (SSSR count). The van der Waals surface area contributed by atoms with Gasteiger partial charge in [-0.2, -0.15) is 0 Å². The van der Waals surface area contributed by atoms with Crippen molar-refractivity contribution in [3.8, 4) is 22.3 Å². The van der Waals surface area contributed by atoms with Gasteiger partial charge >= 0.3 is 0 Å². The first-order valence-electron chi connectivity index (χ1n) is 15.9. The van der Waals surface area contributed by atoms with Gasteiger partial charge in [-0.05, 0) is 73.7 Å². The second kappa shape index (κ2) is 9.78. The first kappa shape index (κ1) is 26.0. The number of aryl methyl sites for hydroxylation is 1. The second-order valence-corrected chi connectivity index (χ2v) is 12.5. The van der Waals surface area contributed by atoms with Gasteiger partial charge in [0.05, 0.1) is 10.8 Å². The molecule has 212 valence electrons. The summed E-state index contributed by atoms with van der Waals surface area (Å²) in [5.41, 5.74) is 16.1. The molecule has 0 unspecified atom stereocenters. The summed E-state index contributed by atoms with van der Waals surface area (Å²) >= 11 is 0. The molecule has 0 heteroatoms. The lowest BCUT2D eigenvalue weighted by molar-refractivity contribution is 0.742. The molecule has 0 saturated heterocycles. The number of rotatable bonds is 4. The Morgan fingerprint density at radius 3 is 1.13 bits per heavy atom. The van der Waals surface area contributed by atoms with Crippen LogP contribution >= 0.6 is 0 Å². The summed E-state index contributed by atoms with van der Waals surface area (Å²) in [6.07, 6.45) is 0. The highest BCUT2D eigenvalue weighted by atomic mass is 14.5. The average molecular weight is 573 g/mol. The van der Waals surface area contributed by atoms with E-state index < -0.39 is 10.8 Å². The number of benzene rings is 7. The lowest BCUT2D eigenvalue weighted by atomic mass is 9.64. The van der Waals surface area contributed by atoms with E-state index in [4.69, 9.17) is 0 Å². The van der Waals surface area contributed by atoms with Gasteiger partial charge < -0.3 is 0 Å². The van der Waals surface area contributed by atoms with E-state index >= 15 is 0 Å². The number of fused-ring (bicyclic) bond motifs is 6. The van der Waals surface area contributed by atoms with E-state index in [1.54, 1.807) is 0 Å². The van der Waals surface area contributed by atoms with Crippen molar-refractivity contribution in [1.82, 2.24) is 0 Å². The number of hydrogen-bond acceptors (Lipinski definition) is 0. The van der Waals surface area contributed by atoms with Crippen LogP contribution in [0, 0.1) is 6.92 Å². The van der Waals surface area contributed by atoms with Crippen LogP contribution in [0.4, 0.5) is 0 Å². The Morgan fingerprint density at radius 2 is 0.644 bits per heavy atom. The Balaban J connectivity index is 1.43. The van der Waals surface area contributed by atoms with Crippen LogP contribution in [0.5, 0.6) is 0 Å². The minimum absolute atomic E-state index is 0.448. The fraction of sp³-hybridized carbons (Fsp3) is 0.0667. The van der Waals surface area contributed by atoms with Crippen molar-refractivity contribution >= 4 is 0 Å². The van der Waals surface area contributed by atoms with Crippen molar-refractivity contribution in [1.29, 1.82) is 0 Å². The van der Waals surface area contributed by atoms with Gasteiger partial charge in [-0.1, -0.05) is 181 Å². The van der Waals surface area contributed by atoms with Gasteiger partial charge in [0.2, 0.25) is 0 Å². The molecular formula is C45H32. The molecule has 0 aromatic heterocycles. The van der Waals surface area contributed by atoms with Crippen LogP contribution in [0.15, 0.2) is 176 Å². The topological polar surface area (TPSA) is 0 Å². The summed E-state index contributed by atoms with van der Waals surface area (Å²) < 4.78 is 0. The molecule has 0 aliphatic heterocycles. The maximum atomic E-state index is 2.55. The van der Waals surface area contributed by atoms with Crippen molar-refractivity contribution < 1.29 is 0 Å². The minimum atomic E-state index is -0.455. The largest absolute Gasteiger partial charge is 0.0713 e. The molecule has 0 radical (unpaired) electrons. The van der Waals surface area contributed by atoms with E-state index in [0.29, 0.717) is 0 Å². The smallest absolute Gasteiger partial charge is 0.0622 e. The summed E-state index contributed by atoms with van der Waals surface area (Å²) in [4.78, 5) is 0. The van der Waals surface area contributed by atoms with Gasteiger partial charge in [-0.3, -0.25) is 0 Å². The molecule has 0 atom stereocenters. The van der Waals surface area contributed by atoms with Crippen LogP contribution in [0.3, 0.4) is 0 Å². The lowest BCUT2D eigenvalue weighted by Crippen LogP contribution is -2.31. The maximum Gasteiger partial charge on any atom is 0.0713 e. The highest BCUT2D eigenvalue weighted by Crippen LogP contribution is 2.60. The van der Waals surface area contributed by atoms with Crippen molar-refractivity contribution in [2.75, 3.05) is 0 Å². The molecule has 45 heavy (non-hydrogen) atoms. The normalized spacial score (nSPS) is 14.7. The third kappa shape index (κ3) is 3.43. The Morgan fingerprint density at radius 1 is 0.289 bits per heavy atom. The fourth-order valence-electron chi connectivity index (χ4n) is 8.50. The Hall–Kier alpha value is -5.46. The summed E-state index contributed by atoms with van der Waals surface area (Å²) in [7, 11) is 0. The minimum Gasteiger partial charge on any atom is -0.0622 e. The van der Waals surface area contributed by atoms with E-state index in [9.17, 15) is 0 Å². The monoisotopic (exact) mass is 572 g/mol. The molecule has 0 heterocycles. The summed E-state index contributed by atoms with van der Waals surface area (Å²) in [5.74, 6) is 0. The van der Waals surface area contributed by atoms with Crippen LogP contribution in [-0.4, -0.2) is 0 Å². The standard InChI is InChI=1S/C45H32/c1-31-24-26-34(27-25-31)45(41-22-12-8-18-36(41)37-19-9-13-23-42(37)45)35-28-29-39-38-20-10-11-21-40(38)44(43(39)30-35,32-14-4-2-5-15-32)33-16-6-3-7-17-33/h2-30H,1H3. The molecule has 0 bridgehead atoms. The summed E-state index contributed by atoms with van der Waals surface area (Å²) in [5, 5.41) is 0. The predicted molar refractivity (Wildman–Crippen MR) is 186 cm³/mol. The van der Waals surface area contributed by atoms with Gasteiger partial charge in [0.1, 0.15) is 0 Å². The quantitative estimate of drug-likeness (QED) is 0.197. The molecule has 7 aromatic carbocycles. The zero-order chi connectivity index (χ0) is 30.0. The summed E-state index contributed by atoms with van der Waals surface area (Å²) in [6, 6.07) is 65.8. The van der Waals surface area contributed by atoms with E-state index in [1.807, 2.05) is 0 Å². The second-order valence-electron chi connectivity index (χ2n) is 12.5. The van der Waals surface area contributed by atoms with Crippen molar-refractivity contribution in [2.45, 2.75) is 17.8 Å². The first-order chi connectivity index (χ1) is 22.2. The SMILES string of the molecule is Cc1ccc(C2(c3ccc4c(c3)C(c3ccccc3)(c3ccccc3)c3ccccc3-4)c3ccccc3-c3ccccc32)cc1. The van der Waals surface area contributed by atoms with Crippen LogP contribution < -0.4 is 0 Å². The predicted octanol–water partition coefficient (Wildman–Crippen LogP) is 10.7. The molecule has 0 N–H and O–H groups in total. The van der Waals surface area contributed by atoms with Crippen molar-refractivity contribution in [2.24, 2.45) is 0 Å². The summed E-state index contributed by atoms with van der Waals surface area (Å²) in [6.45, 7) is 2.17. The van der Waals surface area contributed by atoms with Gasteiger partial charge in [0.15, 0.2) is 0 Å². The third-order valence-electron chi connectivity index (χ3n) is 10.3. The maximum absolute atomic E-state index is 2.55. The molecule has 0 nitrogen and oxygen atoms in total. The first-order valence-corrected chi connectivity index (χ1v) is 15.9. The molecule has 2 aliphatic rings. The van der Waals surface area contributed by atoms with Crippen molar-refractivity contribution in [3.05, 3.63) is 226 Å².